The molecule has 1 aliphatic rings. The van der Waals surface area contributed by atoms with Gasteiger partial charge in [-0.3, -0.25) is 4.90 Å². The smallest absolute Gasteiger partial charge is 0.0342 e. The molecule has 0 saturated carbocycles. The maximum atomic E-state index is 3.51. The van der Waals surface area contributed by atoms with Crippen LogP contribution in [0, 0.1) is 5.92 Å². The van der Waals surface area contributed by atoms with Crippen LogP contribution < -0.4 is 5.32 Å². The second-order valence-corrected chi connectivity index (χ2v) is 6.54. The van der Waals surface area contributed by atoms with E-state index < -0.39 is 0 Å². The van der Waals surface area contributed by atoms with Crippen molar-refractivity contribution in [3.8, 4) is 0 Å². The predicted molar refractivity (Wildman–Crippen MR) is 85.4 cm³/mol. The minimum absolute atomic E-state index is 0.537. The molecule has 0 radical (unpaired) electrons. The molecule has 2 unspecified atom stereocenters. The van der Waals surface area contributed by atoms with Crippen LogP contribution in [0.5, 0.6) is 0 Å². The first-order chi connectivity index (χ1) is 9.20. The van der Waals surface area contributed by atoms with Gasteiger partial charge in [0.15, 0.2) is 0 Å². The Balaban J connectivity index is 1.97. The van der Waals surface area contributed by atoms with E-state index in [0.717, 1.165) is 16.8 Å². The number of benzene rings is 1. The molecule has 0 spiro atoms. The van der Waals surface area contributed by atoms with Crippen LogP contribution in [-0.4, -0.2) is 31.6 Å². The van der Waals surface area contributed by atoms with E-state index in [9.17, 15) is 0 Å². The van der Waals surface area contributed by atoms with Crippen molar-refractivity contribution in [2.24, 2.45) is 5.92 Å². The van der Waals surface area contributed by atoms with E-state index in [1.807, 2.05) is 0 Å². The van der Waals surface area contributed by atoms with Gasteiger partial charge in [0, 0.05) is 17.1 Å². The average Bonchev–Trinajstić information content (AvgIpc) is 2.43. The van der Waals surface area contributed by atoms with Crippen molar-refractivity contribution in [2.45, 2.75) is 32.2 Å². The third-order valence-electron chi connectivity index (χ3n) is 4.12. The topological polar surface area (TPSA) is 15.3 Å². The summed E-state index contributed by atoms with van der Waals surface area (Å²) in [4.78, 5) is 2.53. The molecule has 0 amide bonds. The minimum Gasteiger partial charge on any atom is -0.316 e. The second-order valence-electron chi connectivity index (χ2n) is 5.63. The minimum atomic E-state index is 0.537. The largest absolute Gasteiger partial charge is 0.316 e. The molecule has 2 atom stereocenters. The molecule has 1 aliphatic heterocycles. The molecule has 2 rings (SSSR count). The molecule has 1 N–H and O–H groups in total. The fourth-order valence-electron chi connectivity index (χ4n) is 3.10. The summed E-state index contributed by atoms with van der Waals surface area (Å²) < 4.78 is 1.16. The van der Waals surface area contributed by atoms with Gasteiger partial charge in [0.05, 0.1) is 0 Å². The maximum Gasteiger partial charge on any atom is 0.0342 e. The lowest BCUT2D eigenvalue weighted by Crippen LogP contribution is -2.38. The lowest BCUT2D eigenvalue weighted by atomic mass is 9.96. The Hall–Kier alpha value is -0.380. The summed E-state index contributed by atoms with van der Waals surface area (Å²) in [6.45, 7) is 5.86. The average molecular weight is 325 g/mol. The molecule has 0 aromatic heterocycles. The number of halogens is 1. The number of hydrogen-bond donors (Lipinski definition) is 1. The quantitative estimate of drug-likeness (QED) is 0.885. The Kier molecular flexibility index (Phi) is 5.86. The van der Waals surface area contributed by atoms with Gasteiger partial charge in [-0.25, -0.2) is 0 Å². The molecular formula is C16H25BrN2. The number of hydrogen-bond acceptors (Lipinski definition) is 2. The standard InChI is InChI=1S/C16H25BrN2/c1-3-16(14-6-8-15(17)9-7-14)19(2)12-13-5-4-10-18-11-13/h6-9,13,16,18H,3-5,10-12H2,1-2H3. The molecule has 1 heterocycles. The van der Waals surface area contributed by atoms with Crippen molar-refractivity contribution < 1.29 is 0 Å². The molecule has 19 heavy (non-hydrogen) atoms. The van der Waals surface area contributed by atoms with E-state index in [0.29, 0.717) is 6.04 Å². The van der Waals surface area contributed by atoms with Crippen LogP contribution in [-0.2, 0) is 0 Å². The van der Waals surface area contributed by atoms with Gasteiger partial charge in [0.1, 0.15) is 0 Å². The Morgan fingerprint density at radius 2 is 2.11 bits per heavy atom. The van der Waals surface area contributed by atoms with Crippen LogP contribution in [0.3, 0.4) is 0 Å². The Morgan fingerprint density at radius 3 is 2.68 bits per heavy atom. The van der Waals surface area contributed by atoms with Gasteiger partial charge in [-0.15, -0.1) is 0 Å². The fraction of sp³-hybridized carbons (Fsp3) is 0.625. The summed E-state index contributed by atoms with van der Waals surface area (Å²) in [7, 11) is 2.27. The normalized spacial score (nSPS) is 21.6. The molecule has 0 aliphatic carbocycles. The summed E-state index contributed by atoms with van der Waals surface area (Å²) in [5, 5.41) is 3.51. The highest BCUT2D eigenvalue weighted by Gasteiger charge is 2.20. The Bertz CT molecular complexity index is 371. The predicted octanol–water partition coefficient (Wildman–Crippen LogP) is 3.83. The van der Waals surface area contributed by atoms with Gasteiger partial charge >= 0.3 is 0 Å². The summed E-state index contributed by atoms with van der Waals surface area (Å²) in [6.07, 6.45) is 3.86. The zero-order chi connectivity index (χ0) is 13.7. The van der Waals surface area contributed by atoms with Crippen LogP contribution in [0.2, 0.25) is 0 Å². The van der Waals surface area contributed by atoms with E-state index in [1.165, 1.54) is 38.0 Å². The van der Waals surface area contributed by atoms with Gasteiger partial charge in [-0.05, 0) is 63.0 Å². The van der Waals surface area contributed by atoms with Crippen LogP contribution in [0.4, 0.5) is 0 Å². The second kappa shape index (κ2) is 7.41. The van der Waals surface area contributed by atoms with Gasteiger partial charge in [0.2, 0.25) is 0 Å². The zero-order valence-corrected chi connectivity index (χ0v) is 13.6. The molecule has 0 bridgehead atoms. The molecule has 3 heteroatoms. The van der Waals surface area contributed by atoms with Crippen LogP contribution in [0.1, 0.15) is 37.8 Å². The van der Waals surface area contributed by atoms with Crippen molar-refractivity contribution in [1.82, 2.24) is 10.2 Å². The van der Waals surface area contributed by atoms with Crippen molar-refractivity contribution in [2.75, 3.05) is 26.7 Å². The summed E-state index contributed by atoms with van der Waals surface area (Å²) >= 11 is 3.51. The summed E-state index contributed by atoms with van der Waals surface area (Å²) in [5.41, 5.74) is 1.43. The van der Waals surface area contributed by atoms with Crippen molar-refractivity contribution in [3.05, 3.63) is 34.3 Å². The van der Waals surface area contributed by atoms with E-state index >= 15 is 0 Å². The van der Waals surface area contributed by atoms with Crippen LogP contribution in [0.15, 0.2) is 28.7 Å². The number of rotatable bonds is 5. The first-order valence-corrected chi connectivity index (χ1v) is 8.16. The SMILES string of the molecule is CCC(c1ccc(Br)cc1)N(C)CC1CCCNC1. The molecular weight excluding hydrogens is 300 g/mol. The van der Waals surface area contributed by atoms with E-state index in [1.54, 1.807) is 0 Å². The molecule has 106 valence electrons. The van der Waals surface area contributed by atoms with Crippen molar-refractivity contribution >= 4 is 15.9 Å². The van der Waals surface area contributed by atoms with E-state index in [4.69, 9.17) is 0 Å². The molecule has 1 aromatic carbocycles. The van der Waals surface area contributed by atoms with Gasteiger partial charge in [0.25, 0.3) is 0 Å². The molecule has 1 aromatic rings. The van der Waals surface area contributed by atoms with Gasteiger partial charge in [-0.1, -0.05) is 35.0 Å². The lowest BCUT2D eigenvalue weighted by molar-refractivity contribution is 0.185. The number of piperidine rings is 1. The maximum absolute atomic E-state index is 3.51. The van der Waals surface area contributed by atoms with Gasteiger partial charge in [-0.2, -0.15) is 0 Å². The lowest BCUT2D eigenvalue weighted by Gasteiger charge is -2.33. The first-order valence-electron chi connectivity index (χ1n) is 7.37. The number of nitrogens with zero attached hydrogens (tertiary/aromatic N) is 1. The first kappa shape index (κ1) is 15.0. The molecule has 1 saturated heterocycles. The van der Waals surface area contributed by atoms with Crippen molar-refractivity contribution in [1.29, 1.82) is 0 Å². The molecule has 2 nitrogen and oxygen atoms in total. The Morgan fingerprint density at radius 1 is 1.37 bits per heavy atom. The number of nitrogens with one attached hydrogen (secondary N) is 1. The monoisotopic (exact) mass is 324 g/mol. The van der Waals surface area contributed by atoms with Crippen molar-refractivity contribution in [3.63, 3.8) is 0 Å². The summed E-state index contributed by atoms with van der Waals surface area (Å²) in [5.74, 6) is 0.809. The highest BCUT2D eigenvalue weighted by Crippen LogP contribution is 2.26. The highest BCUT2D eigenvalue weighted by molar-refractivity contribution is 9.10. The zero-order valence-electron chi connectivity index (χ0n) is 12.0. The van der Waals surface area contributed by atoms with E-state index in [2.05, 4.69) is 64.4 Å². The Labute approximate surface area is 125 Å². The third-order valence-corrected chi connectivity index (χ3v) is 4.65. The van der Waals surface area contributed by atoms with Gasteiger partial charge < -0.3 is 5.32 Å². The van der Waals surface area contributed by atoms with Crippen LogP contribution in [0.25, 0.3) is 0 Å². The fourth-order valence-corrected chi connectivity index (χ4v) is 3.37. The van der Waals surface area contributed by atoms with Crippen LogP contribution >= 0.6 is 15.9 Å². The third kappa shape index (κ3) is 4.30. The van der Waals surface area contributed by atoms with E-state index in [-0.39, 0.29) is 0 Å². The highest BCUT2D eigenvalue weighted by atomic mass is 79.9. The molecule has 1 fully saturated rings. The summed E-state index contributed by atoms with van der Waals surface area (Å²) in [6, 6.07) is 9.32.